The van der Waals surface area contributed by atoms with E-state index < -0.39 is 0 Å². The number of hydrogen-bond acceptors (Lipinski definition) is 5. The molecule has 0 aromatic carbocycles. The zero-order valence-electron chi connectivity index (χ0n) is 11.8. The van der Waals surface area contributed by atoms with E-state index in [1.807, 2.05) is 20.8 Å². The summed E-state index contributed by atoms with van der Waals surface area (Å²) in [5.74, 6) is -0.125. The van der Waals surface area contributed by atoms with Crippen LogP contribution in [0.15, 0.2) is 18.3 Å². The number of aromatic nitrogens is 2. The number of thiazole rings is 1. The molecule has 2 aromatic rings. The van der Waals surface area contributed by atoms with Gasteiger partial charge in [0.15, 0.2) is 0 Å². The first-order valence-electron chi connectivity index (χ1n) is 6.41. The highest BCUT2D eigenvalue weighted by Crippen LogP contribution is 2.24. The fourth-order valence-electron chi connectivity index (χ4n) is 2.03. The smallest absolute Gasteiger partial charge is 0.251 e. The number of hydrogen-bond donors (Lipinski definition) is 2. The number of rotatable bonds is 4. The zero-order chi connectivity index (χ0) is 14.7. The van der Waals surface area contributed by atoms with Crippen molar-refractivity contribution < 1.29 is 4.79 Å². The fourth-order valence-corrected chi connectivity index (χ4v) is 2.96. The Balaban J connectivity index is 2.12. The Morgan fingerprint density at radius 3 is 2.85 bits per heavy atom. The highest BCUT2D eigenvalue weighted by atomic mass is 32.1. The number of aryl methyl sites for hydroxylation is 2. The van der Waals surface area contributed by atoms with Gasteiger partial charge in [0, 0.05) is 23.2 Å². The Bertz CT molecular complexity index is 623. The number of nitrogens with two attached hydrogens (primary N) is 1. The first kappa shape index (κ1) is 14.6. The molecule has 2 rings (SSSR count). The van der Waals surface area contributed by atoms with E-state index in [-0.39, 0.29) is 11.9 Å². The first-order valence-corrected chi connectivity index (χ1v) is 7.22. The van der Waals surface area contributed by atoms with Crippen LogP contribution in [0.4, 0.5) is 0 Å². The predicted octanol–water partition coefficient (Wildman–Crippen LogP) is 2.10. The van der Waals surface area contributed by atoms with Crippen molar-refractivity contribution in [2.75, 3.05) is 0 Å². The van der Waals surface area contributed by atoms with Gasteiger partial charge in [0.1, 0.15) is 0 Å². The normalized spacial score (nSPS) is 12.2. The molecule has 20 heavy (non-hydrogen) atoms. The summed E-state index contributed by atoms with van der Waals surface area (Å²) in [6.45, 7) is 6.21. The van der Waals surface area contributed by atoms with Gasteiger partial charge in [-0.15, -0.1) is 11.3 Å². The third-order valence-corrected chi connectivity index (χ3v) is 4.22. The minimum Gasteiger partial charge on any atom is -0.345 e. The third-order valence-electron chi connectivity index (χ3n) is 2.97. The lowest BCUT2D eigenvalue weighted by Crippen LogP contribution is -2.26. The Kier molecular flexibility index (Phi) is 4.46. The lowest BCUT2D eigenvalue weighted by Gasteiger charge is -2.13. The Morgan fingerprint density at radius 2 is 2.25 bits per heavy atom. The van der Waals surface area contributed by atoms with E-state index in [4.69, 9.17) is 5.73 Å². The lowest BCUT2D eigenvalue weighted by atomic mass is 10.2. The molecule has 3 N–H and O–H groups in total. The number of carbonyl (C=O) groups is 1. The van der Waals surface area contributed by atoms with Crippen LogP contribution in [0.25, 0.3) is 0 Å². The molecule has 5 nitrogen and oxygen atoms in total. The summed E-state index contributed by atoms with van der Waals surface area (Å²) in [5.41, 5.74) is 7.78. The van der Waals surface area contributed by atoms with Crippen molar-refractivity contribution in [2.45, 2.75) is 33.4 Å². The van der Waals surface area contributed by atoms with Gasteiger partial charge in [-0.3, -0.25) is 9.78 Å². The maximum absolute atomic E-state index is 12.2. The standard InChI is InChI=1S/C14H18N4OS/c1-8-13(20-10(3)17-8)9(2)18-14(19)11-4-5-16-12(6-11)7-15/h4-6,9H,7,15H2,1-3H3,(H,18,19). The second-order valence-corrected chi connectivity index (χ2v) is 5.85. The number of pyridine rings is 1. The average molecular weight is 290 g/mol. The fraction of sp³-hybridized carbons (Fsp3) is 0.357. The van der Waals surface area contributed by atoms with Crippen molar-refractivity contribution in [3.05, 3.63) is 45.2 Å². The molecule has 0 spiro atoms. The summed E-state index contributed by atoms with van der Waals surface area (Å²) in [5, 5.41) is 3.99. The summed E-state index contributed by atoms with van der Waals surface area (Å²) in [7, 11) is 0. The number of nitrogens with zero attached hydrogens (tertiary/aromatic N) is 2. The van der Waals surface area contributed by atoms with E-state index in [0.29, 0.717) is 17.8 Å². The van der Waals surface area contributed by atoms with Crippen LogP contribution in [0.1, 0.15) is 44.6 Å². The molecule has 1 atom stereocenters. The molecular formula is C14H18N4OS. The van der Waals surface area contributed by atoms with Gasteiger partial charge in [-0.2, -0.15) is 0 Å². The minimum absolute atomic E-state index is 0.0665. The summed E-state index contributed by atoms with van der Waals surface area (Å²) < 4.78 is 0. The molecule has 0 fully saturated rings. The summed E-state index contributed by atoms with van der Waals surface area (Å²) >= 11 is 1.61. The Labute approximate surface area is 122 Å². The van der Waals surface area contributed by atoms with Crippen LogP contribution in [-0.4, -0.2) is 15.9 Å². The van der Waals surface area contributed by atoms with Gasteiger partial charge in [-0.25, -0.2) is 4.98 Å². The van der Waals surface area contributed by atoms with Crippen molar-refractivity contribution in [1.82, 2.24) is 15.3 Å². The van der Waals surface area contributed by atoms with Crippen molar-refractivity contribution >= 4 is 17.2 Å². The molecule has 0 aliphatic rings. The van der Waals surface area contributed by atoms with Crippen LogP contribution >= 0.6 is 11.3 Å². The number of carbonyl (C=O) groups excluding carboxylic acids is 1. The molecule has 106 valence electrons. The average Bonchev–Trinajstić information content (AvgIpc) is 2.77. The highest BCUT2D eigenvalue weighted by Gasteiger charge is 2.16. The van der Waals surface area contributed by atoms with Crippen molar-refractivity contribution in [3.8, 4) is 0 Å². The second-order valence-electron chi connectivity index (χ2n) is 4.62. The lowest BCUT2D eigenvalue weighted by molar-refractivity contribution is 0.0940. The van der Waals surface area contributed by atoms with Gasteiger partial charge >= 0.3 is 0 Å². The van der Waals surface area contributed by atoms with Crippen LogP contribution in [0.2, 0.25) is 0 Å². The summed E-state index contributed by atoms with van der Waals surface area (Å²) in [6, 6.07) is 3.34. The molecule has 1 unspecified atom stereocenters. The molecule has 1 amide bonds. The summed E-state index contributed by atoms with van der Waals surface area (Å²) in [4.78, 5) is 21.8. The van der Waals surface area contributed by atoms with E-state index in [2.05, 4.69) is 15.3 Å². The molecule has 0 radical (unpaired) electrons. The van der Waals surface area contributed by atoms with Crippen molar-refractivity contribution in [2.24, 2.45) is 5.73 Å². The van der Waals surface area contributed by atoms with E-state index in [0.717, 1.165) is 15.6 Å². The van der Waals surface area contributed by atoms with Gasteiger partial charge in [0.05, 0.1) is 22.4 Å². The monoisotopic (exact) mass is 290 g/mol. The van der Waals surface area contributed by atoms with Crippen LogP contribution < -0.4 is 11.1 Å². The number of amides is 1. The first-order chi connectivity index (χ1) is 9.51. The molecular weight excluding hydrogens is 272 g/mol. The maximum Gasteiger partial charge on any atom is 0.251 e. The van der Waals surface area contributed by atoms with E-state index in [1.54, 1.807) is 29.7 Å². The molecule has 0 aliphatic heterocycles. The second kappa shape index (κ2) is 6.11. The van der Waals surface area contributed by atoms with E-state index >= 15 is 0 Å². The molecule has 0 bridgehead atoms. The van der Waals surface area contributed by atoms with Gasteiger partial charge in [0.2, 0.25) is 0 Å². The third kappa shape index (κ3) is 3.20. The molecule has 2 heterocycles. The topological polar surface area (TPSA) is 80.9 Å². The van der Waals surface area contributed by atoms with Gasteiger partial charge in [0.25, 0.3) is 5.91 Å². The minimum atomic E-state index is -0.125. The van der Waals surface area contributed by atoms with Crippen molar-refractivity contribution in [3.63, 3.8) is 0 Å². The maximum atomic E-state index is 12.2. The van der Waals surface area contributed by atoms with Crippen LogP contribution in [-0.2, 0) is 6.54 Å². The summed E-state index contributed by atoms with van der Waals surface area (Å²) in [6.07, 6.45) is 1.60. The molecule has 0 saturated heterocycles. The van der Waals surface area contributed by atoms with Crippen molar-refractivity contribution in [1.29, 1.82) is 0 Å². The Hall–Kier alpha value is -1.79. The van der Waals surface area contributed by atoms with E-state index in [9.17, 15) is 4.79 Å². The van der Waals surface area contributed by atoms with Gasteiger partial charge < -0.3 is 11.1 Å². The van der Waals surface area contributed by atoms with Gasteiger partial charge in [-0.05, 0) is 32.9 Å². The van der Waals surface area contributed by atoms with Crippen LogP contribution in [0.5, 0.6) is 0 Å². The molecule has 0 saturated carbocycles. The highest BCUT2D eigenvalue weighted by molar-refractivity contribution is 7.11. The zero-order valence-corrected chi connectivity index (χ0v) is 12.6. The van der Waals surface area contributed by atoms with E-state index in [1.165, 1.54) is 0 Å². The van der Waals surface area contributed by atoms with Crippen LogP contribution in [0.3, 0.4) is 0 Å². The molecule has 2 aromatic heterocycles. The predicted molar refractivity (Wildman–Crippen MR) is 79.6 cm³/mol. The SMILES string of the molecule is Cc1nc(C)c(C(C)NC(=O)c2ccnc(CN)c2)s1. The number of nitrogens with one attached hydrogen (secondary N) is 1. The quantitative estimate of drug-likeness (QED) is 0.903. The van der Waals surface area contributed by atoms with Gasteiger partial charge in [-0.1, -0.05) is 0 Å². The molecule has 6 heteroatoms. The molecule has 0 aliphatic carbocycles. The van der Waals surface area contributed by atoms with Crippen LogP contribution in [0, 0.1) is 13.8 Å². The largest absolute Gasteiger partial charge is 0.345 e. The Morgan fingerprint density at radius 1 is 1.50 bits per heavy atom.